The lowest BCUT2D eigenvalue weighted by atomic mass is 11.9. The Hall–Kier alpha value is 1.17. The van der Waals surface area contributed by atoms with Crippen LogP contribution in [-0.4, -0.2) is 329 Å². The van der Waals surface area contributed by atoms with Gasteiger partial charge in [0.2, 0.25) is 15.7 Å². The maximum Gasteiger partial charge on any atom is 0.381 e. The predicted molar refractivity (Wildman–Crippen MR) is 294 cm³/mol. The Bertz CT molecular complexity index is 3770. The summed E-state index contributed by atoms with van der Waals surface area (Å²) >= 11 is 0. The van der Waals surface area contributed by atoms with Gasteiger partial charge in [0.25, 0.3) is 10.0 Å². The lowest BCUT2D eigenvalue weighted by molar-refractivity contribution is 0.454. The first-order valence-electron chi connectivity index (χ1n) is 20.5. The Kier molecular flexibility index (Phi) is 38.0. The van der Waals surface area contributed by atoms with Gasteiger partial charge in [-0.25, -0.2) is 0 Å². The minimum Gasteiger partial charge on any atom is -0.437 e. The summed E-state index contributed by atoms with van der Waals surface area (Å²) in [6.45, 7) is 4.29. The van der Waals surface area contributed by atoms with Crippen LogP contribution in [0.4, 0.5) is 0 Å². The molecule has 86 heavy (non-hydrogen) atoms. The second-order valence-corrected chi connectivity index (χ2v) is 216. The van der Waals surface area contributed by atoms with Crippen LogP contribution >= 0.6 is 0 Å². The topological polar surface area (TPSA) is 698 Å². The van der Waals surface area contributed by atoms with E-state index >= 15 is 0 Å². The molecule has 0 fully saturated rings. The molecule has 0 saturated carbocycles. The first-order chi connectivity index (χ1) is 38.9. The lowest BCUT2D eigenvalue weighted by Crippen LogP contribution is -2.58. The summed E-state index contributed by atoms with van der Waals surface area (Å²) in [5, 5.41) is 0. The normalized spacial score (nSPS) is 10.6. The molecule has 0 bridgehead atoms. The van der Waals surface area contributed by atoms with Gasteiger partial charge >= 0.3 is 293 Å². The van der Waals surface area contributed by atoms with E-state index in [0.717, 1.165) is 26.2 Å². The van der Waals surface area contributed by atoms with Gasteiger partial charge in [-0.05, 0) is 26.2 Å². The first-order valence-corrected chi connectivity index (χ1v) is 120. The maximum atomic E-state index is 12.8. The molecule has 0 aromatic heterocycles. The third-order valence-corrected chi connectivity index (χ3v) is 329. The molecule has 442 valence electrons. The Balaban J connectivity index is 6.00. The predicted octanol–water partition coefficient (Wildman–Crippen LogP) is -19.5. The number of rotatable bonds is 41. The molecule has 0 atom stereocenters. The second-order valence-electron chi connectivity index (χ2n) is 15.8. The highest BCUT2D eigenvalue weighted by molar-refractivity contribution is 7.86. The van der Waals surface area contributed by atoms with Crippen LogP contribution < -0.4 is 0 Å². The molecule has 0 radical (unpaired) electrons. The van der Waals surface area contributed by atoms with Crippen molar-refractivity contribution in [2.24, 2.45) is 0 Å². The summed E-state index contributed by atoms with van der Waals surface area (Å²) in [5.74, 6) is 0. The molecule has 0 rings (SSSR count). The van der Waals surface area contributed by atoms with Crippen molar-refractivity contribution in [3.05, 3.63) is 0 Å². The van der Waals surface area contributed by atoms with Crippen molar-refractivity contribution >= 4 is 319 Å². The fourth-order valence-electron chi connectivity index (χ4n) is 4.49. The SMILES string of the molecule is C[Si](C)(O)[Si](=O)[Si](=O)[Si](=O)[Si](=O)[Si](=O)[Si](=O)[Si](=O)[Si](=O)[Si](=O)[Si](=O)[Si](=O)[Si](=O)[Si](=O)[Si](=O)[Si](=O)[Si](=O)[Si](=O)[Si](=O)[Si](=O)[Si](=O)[Si](=O)[Si](=O)[Si](=O)[Si](=O)[Si](=O)[Si](=O)[Si](=O)[Si](=O)[Si](=O)[Si](=O)[Si](=O)[Si](=O)[Si](=O)[Si](=O)[Si](=O)[Si](=O)[Si](=O)[Si](=O)[Si](C)(C)O[SiH2]O. The van der Waals surface area contributed by atoms with Crippen molar-refractivity contribution < 1.29 is 183 Å². The largest absolute Gasteiger partial charge is 0.437 e. The van der Waals surface area contributed by atoms with Gasteiger partial charge in [0.1, 0.15) is 0 Å². The molecule has 82 heteroatoms. The maximum absolute atomic E-state index is 12.8. The zero-order valence-electron chi connectivity index (χ0n) is 41.5. The molecule has 0 aliphatic heterocycles. The molecule has 0 aliphatic rings. The van der Waals surface area contributed by atoms with Crippen molar-refractivity contribution in [3.8, 4) is 0 Å². The Labute approximate surface area is 522 Å². The third-order valence-electron chi connectivity index (χ3n) is 9.16. The fourth-order valence-corrected chi connectivity index (χ4v) is 479. The molecule has 0 amide bonds. The van der Waals surface area contributed by atoms with Crippen molar-refractivity contribution in [3.63, 3.8) is 0 Å². The van der Waals surface area contributed by atoms with E-state index in [9.17, 15) is 174 Å². The average molecular weight is 1870 g/mol. The van der Waals surface area contributed by atoms with Gasteiger partial charge in [-0.15, -0.1) is 0 Å². The quantitative estimate of drug-likeness (QED) is 0.0537. The molecule has 0 aromatic rings. The van der Waals surface area contributed by atoms with Crippen LogP contribution in [0.3, 0.4) is 0 Å². The molecule has 2 N–H and O–H groups in total. The molecule has 0 heterocycles. The van der Waals surface area contributed by atoms with Gasteiger partial charge in [-0.2, -0.15) is 0 Å². The molecule has 0 aromatic carbocycles. The first kappa shape index (κ1) is 87.2. The van der Waals surface area contributed by atoms with Crippen LogP contribution in [-0.2, 0) is 174 Å². The van der Waals surface area contributed by atoms with Crippen molar-refractivity contribution in [1.82, 2.24) is 0 Å². The van der Waals surface area contributed by atoms with Gasteiger partial charge < -0.3 is 183 Å². The highest BCUT2D eigenvalue weighted by Crippen LogP contribution is 2.04. The minimum atomic E-state index is -4.85. The van der Waals surface area contributed by atoms with E-state index in [1.54, 1.807) is 0 Å². The van der Waals surface area contributed by atoms with Crippen LogP contribution in [0.1, 0.15) is 0 Å². The van der Waals surface area contributed by atoms with Crippen LogP contribution in [0.25, 0.3) is 0 Å². The average Bonchev–Trinajstić information content (AvgIpc) is 2.74. The monoisotopic (exact) mass is 1870 g/mol. The van der Waals surface area contributed by atoms with E-state index in [1.807, 2.05) is 0 Å². The van der Waals surface area contributed by atoms with Crippen LogP contribution in [0.5, 0.6) is 0 Å². The van der Waals surface area contributed by atoms with Crippen LogP contribution in [0.15, 0.2) is 0 Å². The van der Waals surface area contributed by atoms with Crippen LogP contribution in [0.2, 0.25) is 26.2 Å². The zero-order valence-corrected chi connectivity index (χ0v) is 82.9. The zero-order chi connectivity index (χ0) is 68.4. The lowest BCUT2D eigenvalue weighted by Gasteiger charge is -2.16. The summed E-state index contributed by atoms with van der Waals surface area (Å²) in [7, 11) is -183. The van der Waals surface area contributed by atoms with Crippen LogP contribution in [0, 0.1) is 0 Å². The fraction of sp³-hybridized carbons (Fsp3) is 1.00. The standard InChI is InChI=1S/C4H16O41Si41/c1-85(2,44)83(42)81(40)79(38)77(36)75(34)73(32)71(30)69(28)67(26)65(24)63(22)61(20)59(18)57(16)55(14)53(12)51(10)49(8)47(6)48(7)50(9)52(11)54(13)56(15)58(17)60(19)62(21)64(23)66(25)68(27)70(29)72(31)74(33)76(35)78(37)80(39)82(41)84(43)86(3,4)45-46-5/h5,44H,46H2,1-4H3. The highest BCUT2D eigenvalue weighted by atomic mass is 30.2. The van der Waals surface area contributed by atoms with Gasteiger partial charge in [-0.1, -0.05) is 0 Å². The smallest absolute Gasteiger partial charge is 0.381 e. The third kappa shape index (κ3) is 22.1. The Morgan fingerprint density at radius 2 is 0.291 bits per heavy atom. The molecule has 0 spiro atoms. The molecule has 0 aliphatic carbocycles. The van der Waals surface area contributed by atoms with E-state index < -0.39 is 319 Å². The van der Waals surface area contributed by atoms with Crippen molar-refractivity contribution in [2.45, 2.75) is 26.2 Å². The van der Waals surface area contributed by atoms with E-state index in [4.69, 9.17) is 8.91 Å². The number of hydrogen-bond donors (Lipinski definition) is 2. The summed E-state index contributed by atoms with van der Waals surface area (Å²) in [6.07, 6.45) is 0. The van der Waals surface area contributed by atoms with Gasteiger partial charge in [-0.3, -0.25) is 0 Å². The Morgan fingerprint density at radius 1 is 0.198 bits per heavy atom. The molecular formula is C4H16O41Si41. The molecular weight excluding hydrogens is 1860 g/mol. The molecule has 0 unspecified atom stereocenters. The van der Waals surface area contributed by atoms with E-state index in [0.29, 0.717) is 0 Å². The van der Waals surface area contributed by atoms with Gasteiger partial charge in [0.15, 0.2) is 0 Å². The van der Waals surface area contributed by atoms with Crippen molar-refractivity contribution in [2.75, 3.05) is 0 Å². The summed E-state index contributed by atoms with van der Waals surface area (Å²) in [4.78, 5) is 18.9. The highest BCUT2D eigenvalue weighted by Gasteiger charge is 2.60. The minimum absolute atomic E-state index is 0.979. The number of hydrogen-bond acceptors (Lipinski definition) is 41. The van der Waals surface area contributed by atoms with Gasteiger partial charge in [0, 0.05) is 0 Å². The summed E-state index contributed by atoms with van der Waals surface area (Å²) in [5.41, 5.74) is 0. The second kappa shape index (κ2) is 37.5. The van der Waals surface area contributed by atoms with Crippen molar-refractivity contribution in [1.29, 1.82) is 0 Å². The van der Waals surface area contributed by atoms with E-state index in [-0.39, 0.29) is 0 Å². The molecule has 0 saturated heterocycles. The summed E-state index contributed by atoms with van der Waals surface area (Å²) < 4.78 is 487. The summed E-state index contributed by atoms with van der Waals surface area (Å²) in [6, 6.07) is 0. The van der Waals surface area contributed by atoms with E-state index in [2.05, 4.69) is 0 Å². The van der Waals surface area contributed by atoms with Gasteiger partial charge in [0.05, 0.1) is 0 Å². The van der Waals surface area contributed by atoms with E-state index in [1.165, 1.54) is 0 Å². The molecule has 41 nitrogen and oxygen atoms in total. The Morgan fingerprint density at radius 3 is 0.384 bits per heavy atom.